The molecule has 0 fully saturated rings. The van der Waals surface area contributed by atoms with Crippen molar-refractivity contribution >= 4 is 34.3 Å². The molecule has 27 heavy (non-hydrogen) atoms. The topological polar surface area (TPSA) is 81.9 Å². The fourth-order valence-corrected chi connectivity index (χ4v) is 3.50. The molecule has 2 bridgehead atoms. The number of halogens is 1. The number of carbonyl (C=O) groups excluding carboxylic acids is 1. The van der Waals surface area contributed by atoms with E-state index in [0.29, 0.717) is 35.3 Å². The van der Waals surface area contributed by atoms with Crippen molar-refractivity contribution in [2.75, 3.05) is 11.9 Å². The highest BCUT2D eigenvalue weighted by Gasteiger charge is 2.17. The molecule has 0 saturated carbocycles. The molecule has 2 aromatic heterocycles. The van der Waals surface area contributed by atoms with Crippen LogP contribution in [0.2, 0.25) is 0 Å². The lowest BCUT2D eigenvalue weighted by atomic mass is 10.2. The van der Waals surface area contributed by atoms with Crippen molar-refractivity contribution in [3.8, 4) is 17.3 Å². The molecule has 0 unspecified atom stereocenters. The quantitative estimate of drug-likeness (QED) is 0.502. The molecular formula is C19H18IN5O2. The predicted octanol–water partition coefficient (Wildman–Crippen LogP) is 3.68. The van der Waals surface area contributed by atoms with Gasteiger partial charge >= 0.3 is 0 Å². The Bertz CT molecular complexity index is 1000. The number of nitrogens with zero attached hydrogens (tertiary/aromatic N) is 4. The average molecular weight is 475 g/mol. The van der Waals surface area contributed by atoms with Crippen LogP contribution in [-0.2, 0) is 6.54 Å². The molecule has 138 valence electrons. The molecule has 1 aliphatic heterocycles. The van der Waals surface area contributed by atoms with E-state index in [4.69, 9.17) is 4.74 Å². The van der Waals surface area contributed by atoms with E-state index in [2.05, 4.69) is 47.7 Å². The number of rotatable bonds is 0. The van der Waals surface area contributed by atoms with Gasteiger partial charge in [0.25, 0.3) is 5.91 Å². The number of carbonyl (C=O) groups is 1. The number of hydrogen-bond donors (Lipinski definition) is 1. The van der Waals surface area contributed by atoms with Gasteiger partial charge in [-0.3, -0.25) is 4.79 Å². The Morgan fingerprint density at radius 2 is 2.07 bits per heavy atom. The van der Waals surface area contributed by atoms with Crippen LogP contribution in [0.4, 0.5) is 5.82 Å². The smallest absolute Gasteiger partial charge is 0.260 e. The summed E-state index contributed by atoms with van der Waals surface area (Å²) in [7, 11) is 0. The van der Waals surface area contributed by atoms with Crippen LogP contribution in [0.3, 0.4) is 0 Å². The predicted molar refractivity (Wildman–Crippen MR) is 110 cm³/mol. The van der Waals surface area contributed by atoms with Crippen LogP contribution in [0.1, 0.15) is 29.0 Å². The van der Waals surface area contributed by atoms with Gasteiger partial charge in [0.2, 0.25) is 0 Å². The number of aromatic nitrogens is 4. The van der Waals surface area contributed by atoms with Gasteiger partial charge in [0.15, 0.2) is 5.82 Å². The van der Waals surface area contributed by atoms with Gasteiger partial charge in [-0.05, 0) is 72.7 Å². The molecule has 0 aliphatic carbocycles. The van der Waals surface area contributed by atoms with Gasteiger partial charge in [0.05, 0.1) is 12.2 Å². The van der Waals surface area contributed by atoms with Gasteiger partial charge in [-0.1, -0.05) is 6.07 Å². The van der Waals surface area contributed by atoms with Gasteiger partial charge in [-0.15, -0.1) is 10.2 Å². The molecule has 1 amide bonds. The summed E-state index contributed by atoms with van der Waals surface area (Å²) in [6.07, 6.45) is 1.77. The Kier molecular flexibility index (Phi) is 5.06. The number of amides is 1. The minimum absolute atomic E-state index is 0.247. The Morgan fingerprint density at radius 1 is 1.19 bits per heavy atom. The Labute approximate surface area is 170 Å². The minimum Gasteiger partial charge on any atom is -0.493 e. The Balaban J connectivity index is 1.76. The van der Waals surface area contributed by atoms with E-state index in [1.807, 2.05) is 37.3 Å². The van der Waals surface area contributed by atoms with Crippen molar-refractivity contribution in [2.45, 2.75) is 26.3 Å². The molecule has 1 aliphatic rings. The molecule has 0 radical (unpaired) electrons. The third-order valence-electron chi connectivity index (χ3n) is 4.38. The van der Waals surface area contributed by atoms with E-state index in [1.165, 1.54) is 0 Å². The first-order valence-electron chi connectivity index (χ1n) is 8.73. The molecule has 8 heteroatoms. The van der Waals surface area contributed by atoms with Gasteiger partial charge in [0.1, 0.15) is 23.1 Å². The maximum atomic E-state index is 12.8. The zero-order valence-electron chi connectivity index (χ0n) is 14.8. The largest absolute Gasteiger partial charge is 0.493 e. The van der Waals surface area contributed by atoms with Crippen LogP contribution in [0.15, 0.2) is 36.4 Å². The molecule has 1 aromatic carbocycles. The van der Waals surface area contributed by atoms with Crippen molar-refractivity contribution < 1.29 is 9.53 Å². The van der Waals surface area contributed by atoms with Crippen LogP contribution in [0.25, 0.3) is 11.5 Å². The van der Waals surface area contributed by atoms with E-state index in [1.54, 1.807) is 6.07 Å². The highest BCUT2D eigenvalue weighted by molar-refractivity contribution is 14.1. The highest BCUT2D eigenvalue weighted by Crippen LogP contribution is 2.24. The first-order valence-corrected chi connectivity index (χ1v) is 9.80. The lowest BCUT2D eigenvalue weighted by molar-refractivity contribution is 0.102. The monoisotopic (exact) mass is 475 g/mol. The van der Waals surface area contributed by atoms with Crippen LogP contribution in [0.5, 0.6) is 5.75 Å². The van der Waals surface area contributed by atoms with Gasteiger partial charge < -0.3 is 14.6 Å². The summed E-state index contributed by atoms with van der Waals surface area (Å²) in [5, 5.41) is 11.3. The SMILES string of the molecule is Cc1nnc2n1CCCCOc1ccc(I)cc1C(=O)Nc1cccc-2n1. The molecule has 3 aromatic rings. The Morgan fingerprint density at radius 3 is 2.96 bits per heavy atom. The summed E-state index contributed by atoms with van der Waals surface area (Å²) in [5.41, 5.74) is 1.19. The normalized spacial score (nSPS) is 14.4. The lowest BCUT2D eigenvalue weighted by Crippen LogP contribution is -2.16. The summed E-state index contributed by atoms with van der Waals surface area (Å²) in [6, 6.07) is 11.1. The van der Waals surface area contributed by atoms with Gasteiger partial charge in [0, 0.05) is 10.1 Å². The third-order valence-corrected chi connectivity index (χ3v) is 5.05. The van der Waals surface area contributed by atoms with Crippen molar-refractivity contribution in [3.63, 3.8) is 0 Å². The fraction of sp³-hybridized carbons (Fsp3) is 0.263. The number of ether oxygens (including phenoxy) is 1. The second kappa shape index (κ2) is 7.63. The van der Waals surface area contributed by atoms with Crippen LogP contribution >= 0.6 is 22.6 Å². The van der Waals surface area contributed by atoms with Gasteiger partial charge in [-0.2, -0.15) is 0 Å². The summed E-state index contributed by atoms with van der Waals surface area (Å²) >= 11 is 2.19. The average Bonchev–Trinajstić information content (AvgIpc) is 3.02. The van der Waals surface area contributed by atoms with E-state index >= 15 is 0 Å². The molecule has 4 rings (SSSR count). The highest BCUT2D eigenvalue weighted by atomic mass is 127. The second-order valence-electron chi connectivity index (χ2n) is 6.28. The van der Waals surface area contributed by atoms with E-state index in [9.17, 15) is 4.79 Å². The van der Waals surface area contributed by atoms with Crippen molar-refractivity contribution in [1.82, 2.24) is 19.7 Å². The van der Waals surface area contributed by atoms with Crippen LogP contribution < -0.4 is 10.1 Å². The number of pyridine rings is 1. The molecule has 0 saturated heterocycles. The minimum atomic E-state index is -0.247. The number of hydrogen-bond acceptors (Lipinski definition) is 5. The first kappa shape index (κ1) is 17.9. The lowest BCUT2D eigenvalue weighted by Gasteiger charge is -2.14. The number of fused-ring (bicyclic) bond motifs is 5. The zero-order chi connectivity index (χ0) is 18.8. The molecule has 1 N–H and O–H groups in total. The number of anilines is 1. The zero-order valence-corrected chi connectivity index (χ0v) is 16.9. The maximum Gasteiger partial charge on any atom is 0.260 e. The van der Waals surface area contributed by atoms with Crippen LogP contribution in [0, 0.1) is 10.5 Å². The molecular weight excluding hydrogens is 457 g/mol. The van der Waals surface area contributed by atoms with Gasteiger partial charge in [-0.25, -0.2) is 4.98 Å². The van der Waals surface area contributed by atoms with Crippen molar-refractivity contribution in [1.29, 1.82) is 0 Å². The maximum absolute atomic E-state index is 12.8. The van der Waals surface area contributed by atoms with E-state index in [-0.39, 0.29) is 5.91 Å². The molecule has 0 atom stereocenters. The molecule has 0 spiro atoms. The number of benzene rings is 1. The second-order valence-corrected chi connectivity index (χ2v) is 7.53. The summed E-state index contributed by atoms with van der Waals surface area (Å²) < 4.78 is 8.91. The number of nitrogens with one attached hydrogen (secondary N) is 1. The van der Waals surface area contributed by atoms with Crippen molar-refractivity contribution in [2.24, 2.45) is 0 Å². The summed E-state index contributed by atoms with van der Waals surface area (Å²) in [4.78, 5) is 17.4. The van der Waals surface area contributed by atoms with Crippen LogP contribution in [-0.4, -0.2) is 32.3 Å². The van der Waals surface area contributed by atoms with Crippen molar-refractivity contribution in [3.05, 3.63) is 51.4 Å². The van der Waals surface area contributed by atoms with E-state index in [0.717, 1.165) is 28.8 Å². The first-order chi connectivity index (χ1) is 13.1. The van der Waals surface area contributed by atoms with E-state index < -0.39 is 0 Å². The summed E-state index contributed by atoms with van der Waals surface area (Å²) in [6.45, 7) is 3.26. The standard InChI is InChI=1S/C19H18IN5O2/c1-12-23-24-18-15-5-4-6-17(21-15)22-19(26)14-11-13(20)7-8-16(14)27-10-3-2-9-25(12)18/h4-8,11H,2-3,9-10H2,1H3,(H,21,22,26). The molecule has 7 nitrogen and oxygen atoms in total. The Hall–Kier alpha value is -2.49. The fourth-order valence-electron chi connectivity index (χ4n) is 3.01. The number of aryl methyl sites for hydroxylation is 1. The molecule has 3 heterocycles. The summed E-state index contributed by atoms with van der Waals surface area (Å²) in [5.74, 6) is 2.35. The third kappa shape index (κ3) is 3.80.